The van der Waals surface area contributed by atoms with E-state index in [0.29, 0.717) is 33.5 Å². The maximum absolute atomic E-state index is 12.2. The lowest BCUT2D eigenvalue weighted by molar-refractivity contribution is 0.0691. The molecule has 0 fully saturated rings. The van der Waals surface area contributed by atoms with Gasteiger partial charge in [0.1, 0.15) is 5.69 Å². The Labute approximate surface area is 159 Å². The third-order valence-corrected chi connectivity index (χ3v) is 4.38. The normalized spacial score (nSPS) is 10.9. The molecular weight excluding hydrogens is 358 g/mol. The number of H-pyrrole nitrogens is 1. The number of aromatic amines is 1. The number of hydrogen-bond acceptors (Lipinski definition) is 5. The molecule has 0 saturated heterocycles. The van der Waals surface area contributed by atoms with Gasteiger partial charge in [0.25, 0.3) is 5.91 Å². The van der Waals surface area contributed by atoms with Gasteiger partial charge in [-0.2, -0.15) is 0 Å². The van der Waals surface area contributed by atoms with Crippen LogP contribution in [0.5, 0.6) is 0 Å². The Bertz CT molecular complexity index is 1230. The van der Waals surface area contributed by atoms with Crippen molar-refractivity contribution in [3.63, 3.8) is 0 Å². The summed E-state index contributed by atoms with van der Waals surface area (Å²) in [4.78, 5) is 36.8. The van der Waals surface area contributed by atoms with Gasteiger partial charge < -0.3 is 20.3 Å². The zero-order chi connectivity index (χ0) is 19.8. The number of carboxylic acids is 1. The van der Waals surface area contributed by atoms with Crippen LogP contribution < -0.4 is 5.32 Å². The minimum atomic E-state index is -1.06. The highest BCUT2D eigenvalue weighted by Crippen LogP contribution is 2.31. The van der Waals surface area contributed by atoms with Crippen molar-refractivity contribution in [3.05, 3.63) is 60.0 Å². The summed E-state index contributed by atoms with van der Waals surface area (Å²) in [5, 5.41) is 14.0. The number of carboxylic acid groups (broad SMARTS) is 1. The number of benzene rings is 1. The number of nitrogens with one attached hydrogen (secondary N) is 2. The molecule has 0 aliphatic rings. The lowest BCUT2D eigenvalue weighted by atomic mass is 10.1. The van der Waals surface area contributed by atoms with Crippen molar-refractivity contribution < 1.29 is 14.7 Å². The third-order valence-electron chi connectivity index (χ3n) is 4.38. The number of hydrogen-bond donors (Lipinski definition) is 3. The molecule has 0 unspecified atom stereocenters. The van der Waals surface area contributed by atoms with Crippen molar-refractivity contribution >= 4 is 45.2 Å². The summed E-state index contributed by atoms with van der Waals surface area (Å²) in [6.45, 7) is 0. The van der Waals surface area contributed by atoms with Gasteiger partial charge in [-0.25, -0.2) is 9.78 Å². The van der Waals surface area contributed by atoms with Crippen molar-refractivity contribution in [1.29, 1.82) is 0 Å². The van der Waals surface area contributed by atoms with Crippen LogP contribution in [0, 0.1) is 0 Å². The summed E-state index contributed by atoms with van der Waals surface area (Å²) in [6.07, 6.45) is 3.29. The SMILES string of the molecule is CN(C)C(=O)c1cccc(Nc2nc3ccncc3c3cc(C(=O)O)[nH]c23)c1. The molecule has 4 rings (SSSR count). The molecule has 0 atom stereocenters. The van der Waals surface area contributed by atoms with E-state index in [1.54, 1.807) is 56.8 Å². The minimum Gasteiger partial charge on any atom is -0.477 e. The number of carbonyl (C=O) groups is 2. The predicted octanol–water partition coefficient (Wildman–Crippen LogP) is 3.25. The van der Waals surface area contributed by atoms with Crippen molar-refractivity contribution in [2.24, 2.45) is 0 Å². The van der Waals surface area contributed by atoms with Crippen LogP contribution in [0.4, 0.5) is 11.5 Å². The molecule has 3 N–H and O–H groups in total. The summed E-state index contributed by atoms with van der Waals surface area (Å²) in [7, 11) is 3.38. The van der Waals surface area contributed by atoms with E-state index in [9.17, 15) is 14.7 Å². The van der Waals surface area contributed by atoms with Crippen LogP contribution >= 0.6 is 0 Å². The molecule has 8 heteroatoms. The monoisotopic (exact) mass is 375 g/mol. The number of pyridine rings is 2. The van der Waals surface area contributed by atoms with E-state index in [1.165, 1.54) is 4.90 Å². The quantitative estimate of drug-likeness (QED) is 0.505. The summed E-state index contributed by atoms with van der Waals surface area (Å²) in [5.74, 6) is -0.701. The fraction of sp³-hybridized carbons (Fsp3) is 0.100. The highest BCUT2D eigenvalue weighted by molar-refractivity contribution is 6.11. The third kappa shape index (κ3) is 3.01. The maximum Gasteiger partial charge on any atom is 0.352 e. The second-order valence-electron chi connectivity index (χ2n) is 6.54. The van der Waals surface area contributed by atoms with E-state index in [1.807, 2.05) is 6.07 Å². The lowest BCUT2D eigenvalue weighted by Gasteiger charge is -2.13. The molecule has 140 valence electrons. The van der Waals surface area contributed by atoms with Gasteiger partial charge in [-0.1, -0.05) is 6.07 Å². The molecule has 0 aliphatic heterocycles. The standard InChI is InChI=1S/C20H17N5O3/c1-25(2)19(26)11-4-3-5-12(8-11)22-18-17-13(9-16(23-17)20(27)28)14-10-21-7-6-15(14)24-18/h3-10,23H,1-2H3,(H,22,24)(H,27,28). The van der Waals surface area contributed by atoms with Gasteiger partial charge in [-0.15, -0.1) is 0 Å². The van der Waals surface area contributed by atoms with Crippen LogP contribution in [0.15, 0.2) is 48.8 Å². The minimum absolute atomic E-state index is 0.0627. The first-order valence-electron chi connectivity index (χ1n) is 8.52. The Morgan fingerprint density at radius 1 is 1.14 bits per heavy atom. The van der Waals surface area contributed by atoms with Crippen molar-refractivity contribution in [2.45, 2.75) is 0 Å². The van der Waals surface area contributed by atoms with E-state index in [0.717, 1.165) is 5.39 Å². The number of aromatic nitrogens is 3. The molecule has 0 aliphatic carbocycles. The van der Waals surface area contributed by atoms with Crippen LogP contribution in [-0.4, -0.2) is 50.9 Å². The molecule has 3 aromatic heterocycles. The van der Waals surface area contributed by atoms with Gasteiger partial charge >= 0.3 is 5.97 Å². The smallest absolute Gasteiger partial charge is 0.352 e. The van der Waals surface area contributed by atoms with Gasteiger partial charge in [0, 0.05) is 48.5 Å². The molecular formula is C20H17N5O3. The Morgan fingerprint density at radius 2 is 1.96 bits per heavy atom. The zero-order valence-electron chi connectivity index (χ0n) is 15.2. The fourth-order valence-electron chi connectivity index (χ4n) is 3.05. The number of aromatic carboxylic acids is 1. The van der Waals surface area contributed by atoms with E-state index in [4.69, 9.17) is 0 Å². The van der Waals surface area contributed by atoms with E-state index < -0.39 is 5.97 Å². The van der Waals surface area contributed by atoms with Crippen molar-refractivity contribution in [1.82, 2.24) is 19.9 Å². The average Bonchev–Trinajstić information content (AvgIpc) is 3.14. The van der Waals surface area contributed by atoms with Crippen molar-refractivity contribution in [3.8, 4) is 0 Å². The predicted molar refractivity (Wildman–Crippen MR) is 106 cm³/mol. The van der Waals surface area contributed by atoms with Crippen LogP contribution in [0.2, 0.25) is 0 Å². The Balaban J connectivity index is 1.85. The first-order chi connectivity index (χ1) is 13.4. The topological polar surface area (TPSA) is 111 Å². The second kappa shape index (κ2) is 6.66. The van der Waals surface area contributed by atoms with Gasteiger partial charge in [0.05, 0.1) is 11.0 Å². The van der Waals surface area contributed by atoms with Crippen LogP contribution in [0.1, 0.15) is 20.8 Å². The number of rotatable bonds is 4. The molecule has 3 heterocycles. The number of anilines is 2. The first-order valence-corrected chi connectivity index (χ1v) is 8.52. The first kappa shape index (κ1) is 17.5. The number of fused-ring (bicyclic) bond motifs is 3. The van der Waals surface area contributed by atoms with Gasteiger partial charge in [0.2, 0.25) is 0 Å². The van der Waals surface area contributed by atoms with E-state index in [-0.39, 0.29) is 11.6 Å². The lowest BCUT2D eigenvalue weighted by Crippen LogP contribution is -2.21. The molecule has 0 radical (unpaired) electrons. The zero-order valence-corrected chi connectivity index (χ0v) is 15.2. The molecule has 4 aromatic rings. The fourth-order valence-corrected chi connectivity index (χ4v) is 3.05. The highest BCUT2D eigenvalue weighted by Gasteiger charge is 2.16. The number of carbonyl (C=O) groups excluding carboxylic acids is 1. The molecule has 1 aromatic carbocycles. The largest absolute Gasteiger partial charge is 0.477 e. The summed E-state index contributed by atoms with van der Waals surface area (Å²) >= 11 is 0. The molecule has 0 spiro atoms. The van der Waals surface area contributed by atoms with Crippen LogP contribution in [0.25, 0.3) is 21.8 Å². The summed E-state index contributed by atoms with van der Waals surface area (Å²) < 4.78 is 0. The Morgan fingerprint density at radius 3 is 2.71 bits per heavy atom. The maximum atomic E-state index is 12.2. The van der Waals surface area contributed by atoms with Gasteiger partial charge in [-0.05, 0) is 30.3 Å². The summed E-state index contributed by atoms with van der Waals surface area (Å²) in [6, 6.07) is 10.4. The van der Waals surface area contributed by atoms with Gasteiger partial charge in [0.15, 0.2) is 5.82 Å². The number of nitrogens with zero attached hydrogens (tertiary/aromatic N) is 3. The van der Waals surface area contributed by atoms with E-state index in [2.05, 4.69) is 20.3 Å². The molecule has 1 amide bonds. The molecule has 8 nitrogen and oxygen atoms in total. The second-order valence-corrected chi connectivity index (χ2v) is 6.54. The highest BCUT2D eigenvalue weighted by atomic mass is 16.4. The van der Waals surface area contributed by atoms with Crippen LogP contribution in [0.3, 0.4) is 0 Å². The molecule has 0 saturated carbocycles. The average molecular weight is 375 g/mol. The summed E-state index contributed by atoms with van der Waals surface area (Å²) in [5.41, 5.74) is 2.51. The Kier molecular flexibility index (Phi) is 4.15. The van der Waals surface area contributed by atoms with Crippen molar-refractivity contribution in [2.75, 3.05) is 19.4 Å². The number of amides is 1. The molecule has 0 bridgehead atoms. The van der Waals surface area contributed by atoms with Crippen LogP contribution in [-0.2, 0) is 0 Å². The van der Waals surface area contributed by atoms with Gasteiger partial charge in [-0.3, -0.25) is 9.78 Å². The Hall–Kier alpha value is -3.94. The molecule has 28 heavy (non-hydrogen) atoms. The van der Waals surface area contributed by atoms with E-state index >= 15 is 0 Å².